The maximum atomic E-state index is 12.8. The van der Waals surface area contributed by atoms with Crippen LogP contribution in [-0.4, -0.2) is 25.8 Å². The molecule has 0 heterocycles. The van der Waals surface area contributed by atoms with E-state index in [1.165, 1.54) is 24.3 Å². The number of nitrogens with zero attached hydrogens (tertiary/aromatic N) is 1. The zero-order valence-corrected chi connectivity index (χ0v) is 15.9. The Labute approximate surface area is 157 Å². The SMILES string of the molecule is CCCCNC(=O)c1ccccc1NS(=O)(=O)c1cc([N+](=O)[O-])ccc1C. The summed E-state index contributed by atoms with van der Waals surface area (Å²) in [6, 6.07) is 9.83. The third kappa shape index (κ3) is 5.04. The summed E-state index contributed by atoms with van der Waals surface area (Å²) < 4.78 is 27.9. The number of rotatable bonds is 8. The molecule has 0 aromatic heterocycles. The van der Waals surface area contributed by atoms with E-state index in [0.29, 0.717) is 12.1 Å². The number of anilines is 1. The third-order valence-electron chi connectivity index (χ3n) is 3.90. The summed E-state index contributed by atoms with van der Waals surface area (Å²) in [5, 5.41) is 13.7. The van der Waals surface area contributed by atoms with Crippen molar-refractivity contribution in [1.29, 1.82) is 0 Å². The molecule has 8 nitrogen and oxygen atoms in total. The minimum atomic E-state index is -4.12. The van der Waals surface area contributed by atoms with Crippen molar-refractivity contribution in [3.05, 3.63) is 63.7 Å². The summed E-state index contributed by atoms with van der Waals surface area (Å²) in [5.74, 6) is -0.391. The van der Waals surface area contributed by atoms with E-state index < -0.39 is 20.9 Å². The molecule has 144 valence electrons. The van der Waals surface area contributed by atoms with E-state index in [0.717, 1.165) is 18.9 Å². The van der Waals surface area contributed by atoms with Gasteiger partial charge in [0.15, 0.2) is 0 Å². The van der Waals surface area contributed by atoms with Crippen molar-refractivity contribution in [2.24, 2.45) is 0 Å². The van der Waals surface area contributed by atoms with Crippen molar-refractivity contribution < 1.29 is 18.1 Å². The lowest BCUT2D eigenvalue weighted by atomic mass is 10.1. The molecule has 27 heavy (non-hydrogen) atoms. The number of carbonyl (C=O) groups excluding carboxylic acids is 1. The largest absolute Gasteiger partial charge is 0.352 e. The highest BCUT2D eigenvalue weighted by Gasteiger charge is 2.22. The Hall–Kier alpha value is -2.94. The molecule has 2 aromatic rings. The standard InChI is InChI=1S/C18H21N3O5S/c1-3-4-11-19-18(22)15-7-5-6-8-16(15)20-27(25,26)17-12-14(21(23)24)10-9-13(17)2/h5-10,12,20H,3-4,11H2,1-2H3,(H,19,22). The number of nitrogens with one attached hydrogen (secondary N) is 2. The molecule has 0 atom stereocenters. The fourth-order valence-corrected chi connectivity index (χ4v) is 3.78. The molecule has 0 saturated heterocycles. The minimum absolute atomic E-state index is 0.109. The van der Waals surface area contributed by atoms with Crippen LogP contribution < -0.4 is 10.0 Å². The Morgan fingerprint density at radius 2 is 1.89 bits per heavy atom. The predicted octanol–water partition coefficient (Wildman–Crippen LogP) is 3.23. The van der Waals surface area contributed by atoms with E-state index in [1.54, 1.807) is 19.1 Å². The van der Waals surface area contributed by atoms with Gasteiger partial charge in [0.05, 0.1) is 21.1 Å². The van der Waals surface area contributed by atoms with Crippen molar-refractivity contribution in [3.8, 4) is 0 Å². The fourth-order valence-electron chi connectivity index (χ4n) is 2.44. The van der Waals surface area contributed by atoms with Gasteiger partial charge < -0.3 is 5.32 Å². The van der Waals surface area contributed by atoms with Crippen molar-refractivity contribution >= 4 is 27.3 Å². The first-order chi connectivity index (χ1) is 12.8. The van der Waals surface area contributed by atoms with Crippen LogP contribution in [0.5, 0.6) is 0 Å². The van der Waals surface area contributed by atoms with Gasteiger partial charge in [-0.3, -0.25) is 19.6 Å². The predicted molar refractivity (Wildman–Crippen MR) is 102 cm³/mol. The lowest BCUT2D eigenvalue weighted by molar-refractivity contribution is -0.385. The summed E-state index contributed by atoms with van der Waals surface area (Å²) in [7, 11) is -4.12. The zero-order valence-electron chi connectivity index (χ0n) is 15.1. The lowest BCUT2D eigenvalue weighted by Crippen LogP contribution is -2.26. The lowest BCUT2D eigenvalue weighted by Gasteiger charge is -2.14. The Bertz CT molecular complexity index is 957. The summed E-state index contributed by atoms with van der Waals surface area (Å²) in [4.78, 5) is 22.4. The number of aryl methyl sites for hydroxylation is 1. The van der Waals surface area contributed by atoms with Gasteiger partial charge in [0.25, 0.3) is 21.6 Å². The number of hydrogen-bond donors (Lipinski definition) is 2. The highest BCUT2D eigenvalue weighted by molar-refractivity contribution is 7.92. The van der Waals surface area contributed by atoms with Gasteiger partial charge >= 0.3 is 0 Å². The van der Waals surface area contributed by atoms with Crippen molar-refractivity contribution in [2.45, 2.75) is 31.6 Å². The molecule has 0 aliphatic carbocycles. The van der Waals surface area contributed by atoms with Gasteiger partial charge in [-0.25, -0.2) is 8.42 Å². The number of nitro groups is 1. The molecule has 9 heteroatoms. The Kier molecular flexibility index (Phi) is 6.51. The second-order valence-corrected chi connectivity index (χ2v) is 7.62. The highest BCUT2D eigenvalue weighted by Crippen LogP contribution is 2.25. The van der Waals surface area contributed by atoms with Gasteiger partial charge in [0, 0.05) is 18.7 Å². The number of hydrogen-bond acceptors (Lipinski definition) is 5. The van der Waals surface area contributed by atoms with Crippen LogP contribution in [0.15, 0.2) is 47.4 Å². The monoisotopic (exact) mass is 391 g/mol. The molecule has 0 fully saturated rings. The Balaban J connectivity index is 2.35. The first-order valence-corrected chi connectivity index (χ1v) is 9.89. The van der Waals surface area contributed by atoms with Crippen LogP contribution in [-0.2, 0) is 10.0 Å². The number of nitro benzene ring substituents is 1. The number of unbranched alkanes of at least 4 members (excludes halogenated alkanes) is 1. The van der Waals surface area contributed by atoms with E-state index in [2.05, 4.69) is 10.0 Å². The average Bonchev–Trinajstić information content (AvgIpc) is 2.62. The van der Waals surface area contributed by atoms with Gasteiger partial charge in [0.1, 0.15) is 0 Å². The molecular weight excluding hydrogens is 370 g/mol. The van der Waals surface area contributed by atoms with E-state index in [-0.39, 0.29) is 21.8 Å². The number of amides is 1. The van der Waals surface area contributed by atoms with Gasteiger partial charge in [-0.1, -0.05) is 31.5 Å². The number of non-ortho nitro benzene ring substituents is 1. The molecule has 2 N–H and O–H groups in total. The molecule has 0 radical (unpaired) electrons. The van der Waals surface area contributed by atoms with Crippen LogP contribution in [0.2, 0.25) is 0 Å². The second-order valence-electron chi connectivity index (χ2n) is 5.97. The number of sulfonamides is 1. The highest BCUT2D eigenvalue weighted by atomic mass is 32.2. The van der Waals surface area contributed by atoms with Crippen LogP contribution in [0.4, 0.5) is 11.4 Å². The van der Waals surface area contributed by atoms with Gasteiger partial charge in [-0.15, -0.1) is 0 Å². The molecular formula is C18H21N3O5S. The molecule has 1 amide bonds. The molecule has 0 aliphatic rings. The quantitative estimate of drug-likeness (QED) is 0.407. The molecule has 2 aromatic carbocycles. The van der Waals surface area contributed by atoms with Crippen molar-refractivity contribution in [1.82, 2.24) is 5.32 Å². The van der Waals surface area contributed by atoms with E-state index in [4.69, 9.17) is 0 Å². The summed E-state index contributed by atoms with van der Waals surface area (Å²) in [6.45, 7) is 4.03. The van der Waals surface area contributed by atoms with Crippen LogP contribution in [0.3, 0.4) is 0 Å². The first kappa shape index (κ1) is 20.4. The van der Waals surface area contributed by atoms with Crippen molar-refractivity contribution in [3.63, 3.8) is 0 Å². The van der Waals surface area contributed by atoms with E-state index in [9.17, 15) is 23.3 Å². The maximum Gasteiger partial charge on any atom is 0.270 e. The molecule has 0 unspecified atom stereocenters. The van der Waals surface area contributed by atoms with Gasteiger partial charge in [-0.2, -0.15) is 0 Å². The molecule has 0 saturated carbocycles. The number of para-hydroxylation sites is 1. The average molecular weight is 391 g/mol. The number of carbonyl (C=O) groups is 1. The van der Waals surface area contributed by atoms with Crippen molar-refractivity contribution in [2.75, 3.05) is 11.3 Å². The summed E-state index contributed by atoms with van der Waals surface area (Å²) in [6.07, 6.45) is 1.73. The summed E-state index contributed by atoms with van der Waals surface area (Å²) in [5.41, 5.74) is 0.321. The Morgan fingerprint density at radius 1 is 1.19 bits per heavy atom. The van der Waals surface area contributed by atoms with E-state index in [1.807, 2.05) is 6.92 Å². The number of benzene rings is 2. The molecule has 0 spiro atoms. The van der Waals surface area contributed by atoms with Crippen LogP contribution in [0, 0.1) is 17.0 Å². The van der Waals surface area contributed by atoms with Crippen LogP contribution in [0.25, 0.3) is 0 Å². The topological polar surface area (TPSA) is 118 Å². The Morgan fingerprint density at radius 3 is 2.56 bits per heavy atom. The minimum Gasteiger partial charge on any atom is -0.352 e. The maximum absolute atomic E-state index is 12.8. The molecule has 2 rings (SSSR count). The third-order valence-corrected chi connectivity index (χ3v) is 5.41. The molecule has 0 aliphatic heterocycles. The second kappa shape index (κ2) is 8.63. The van der Waals surface area contributed by atoms with Crippen LogP contribution in [0.1, 0.15) is 35.7 Å². The fraction of sp³-hybridized carbons (Fsp3) is 0.278. The van der Waals surface area contributed by atoms with Gasteiger partial charge in [-0.05, 0) is 31.0 Å². The van der Waals surface area contributed by atoms with Gasteiger partial charge in [0.2, 0.25) is 0 Å². The zero-order chi connectivity index (χ0) is 20.0. The normalized spacial score (nSPS) is 11.0. The first-order valence-electron chi connectivity index (χ1n) is 8.41. The smallest absolute Gasteiger partial charge is 0.270 e. The molecule has 0 bridgehead atoms. The van der Waals surface area contributed by atoms with E-state index >= 15 is 0 Å². The van der Waals surface area contributed by atoms with Crippen LogP contribution >= 0.6 is 0 Å². The summed E-state index contributed by atoms with van der Waals surface area (Å²) >= 11 is 0.